The Hall–Kier alpha value is -4.25. The number of sulfonamides is 1. The van der Waals surface area contributed by atoms with Crippen molar-refractivity contribution >= 4 is 27.5 Å². The number of amides is 2. The Balaban J connectivity index is 2.09. The van der Waals surface area contributed by atoms with Crippen LogP contribution in [0.3, 0.4) is 0 Å². The van der Waals surface area contributed by atoms with E-state index < -0.39 is 28.5 Å². The van der Waals surface area contributed by atoms with E-state index in [9.17, 15) is 18.0 Å². The van der Waals surface area contributed by atoms with Crippen LogP contribution in [0, 0.1) is 19.8 Å². The van der Waals surface area contributed by atoms with Gasteiger partial charge in [0.05, 0.1) is 31.9 Å². The van der Waals surface area contributed by atoms with Gasteiger partial charge in [-0.2, -0.15) is 0 Å². The summed E-state index contributed by atoms with van der Waals surface area (Å²) in [6, 6.07) is 15.9. The molecule has 1 N–H and O–H groups in total. The Morgan fingerprint density at radius 3 is 1.98 bits per heavy atom. The van der Waals surface area contributed by atoms with Gasteiger partial charge in [-0.3, -0.25) is 13.9 Å². The molecule has 11 heteroatoms. The van der Waals surface area contributed by atoms with E-state index in [1.54, 1.807) is 50.4 Å². The van der Waals surface area contributed by atoms with Crippen molar-refractivity contribution < 1.29 is 32.2 Å². The molecule has 0 bridgehead atoms. The number of hydrogen-bond acceptors (Lipinski definition) is 7. The van der Waals surface area contributed by atoms with Gasteiger partial charge >= 0.3 is 0 Å². The van der Waals surface area contributed by atoms with Gasteiger partial charge in [-0.15, -0.1) is 0 Å². The fourth-order valence-electron chi connectivity index (χ4n) is 4.69. The summed E-state index contributed by atoms with van der Waals surface area (Å²) in [5, 5.41) is 2.89. The minimum atomic E-state index is -4.29. The van der Waals surface area contributed by atoms with E-state index in [2.05, 4.69) is 5.32 Å². The lowest BCUT2D eigenvalue weighted by molar-refractivity contribution is -0.139. The van der Waals surface area contributed by atoms with E-state index in [0.29, 0.717) is 23.7 Å². The van der Waals surface area contributed by atoms with Crippen LogP contribution < -0.4 is 23.8 Å². The van der Waals surface area contributed by atoms with Crippen LogP contribution in [0.5, 0.6) is 17.2 Å². The molecule has 3 aromatic rings. The third kappa shape index (κ3) is 8.43. The summed E-state index contributed by atoms with van der Waals surface area (Å²) >= 11 is 0. The highest BCUT2D eigenvalue weighted by Crippen LogP contribution is 2.33. The van der Waals surface area contributed by atoms with Crippen LogP contribution in [0.2, 0.25) is 0 Å². The smallest absolute Gasteiger partial charge is 0.264 e. The molecule has 0 fully saturated rings. The van der Waals surface area contributed by atoms with Gasteiger partial charge in [0.15, 0.2) is 11.5 Å². The van der Waals surface area contributed by atoms with E-state index in [1.807, 2.05) is 33.8 Å². The van der Waals surface area contributed by atoms with Crippen molar-refractivity contribution in [2.45, 2.75) is 52.1 Å². The molecule has 3 rings (SSSR count). The maximum atomic E-state index is 14.3. The van der Waals surface area contributed by atoms with E-state index in [0.717, 1.165) is 21.0 Å². The number of aryl methyl sites for hydroxylation is 2. The largest absolute Gasteiger partial charge is 0.497 e. The van der Waals surface area contributed by atoms with Crippen molar-refractivity contribution in [3.8, 4) is 17.2 Å². The number of carbonyl (C=O) groups is 2. The van der Waals surface area contributed by atoms with Crippen molar-refractivity contribution in [3.63, 3.8) is 0 Å². The highest BCUT2D eigenvalue weighted by molar-refractivity contribution is 7.92. The molecule has 238 valence electrons. The Kier molecular flexibility index (Phi) is 11.6. The number of rotatable bonds is 14. The number of benzene rings is 3. The van der Waals surface area contributed by atoms with Gasteiger partial charge in [0, 0.05) is 19.2 Å². The Morgan fingerprint density at radius 2 is 1.43 bits per heavy atom. The first-order valence-corrected chi connectivity index (χ1v) is 15.8. The molecular formula is C33H43N3O7S. The highest BCUT2D eigenvalue weighted by atomic mass is 32.2. The summed E-state index contributed by atoms with van der Waals surface area (Å²) in [6.07, 6.45) is 0. The van der Waals surface area contributed by atoms with Crippen LogP contribution >= 0.6 is 0 Å². The van der Waals surface area contributed by atoms with Crippen LogP contribution in [0.4, 0.5) is 5.69 Å². The van der Waals surface area contributed by atoms with Gasteiger partial charge < -0.3 is 24.4 Å². The molecule has 0 aliphatic rings. The lowest BCUT2D eigenvalue weighted by Gasteiger charge is -2.32. The standard InChI is InChI=1S/C33H43N3O7S/c1-22(2)19-34-33(38)25(5)35(20-26-9-11-28(41-6)12-10-26)32(37)21-36(27-16-23(3)15-24(4)17-27)44(39,40)29-13-14-30(42-7)31(18-29)43-8/h9-18,22,25H,19-21H2,1-8H3,(H,34,38). The summed E-state index contributed by atoms with van der Waals surface area (Å²) in [7, 11) is 0.152. The molecule has 3 aromatic carbocycles. The minimum absolute atomic E-state index is 0.0773. The highest BCUT2D eigenvalue weighted by Gasteiger charge is 2.33. The lowest BCUT2D eigenvalue weighted by Crippen LogP contribution is -2.51. The van der Waals surface area contributed by atoms with Crippen molar-refractivity contribution in [1.82, 2.24) is 10.2 Å². The Morgan fingerprint density at radius 1 is 0.818 bits per heavy atom. The third-order valence-corrected chi connectivity index (χ3v) is 8.85. The van der Waals surface area contributed by atoms with Crippen LogP contribution in [0.15, 0.2) is 65.6 Å². The van der Waals surface area contributed by atoms with E-state index in [4.69, 9.17) is 14.2 Å². The van der Waals surface area contributed by atoms with E-state index >= 15 is 0 Å². The second kappa shape index (κ2) is 15.0. The lowest BCUT2D eigenvalue weighted by atomic mass is 10.1. The molecular weight excluding hydrogens is 582 g/mol. The maximum Gasteiger partial charge on any atom is 0.264 e. The fourth-order valence-corrected chi connectivity index (χ4v) is 6.10. The molecule has 2 amide bonds. The van der Waals surface area contributed by atoms with Crippen LogP contribution in [-0.4, -0.2) is 65.6 Å². The molecule has 0 saturated heterocycles. The molecule has 0 aromatic heterocycles. The summed E-state index contributed by atoms with van der Waals surface area (Å²) in [6.45, 7) is 9.29. The molecule has 1 atom stereocenters. The van der Waals surface area contributed by atoms with E-state index in [-0.39, 0.29) is 29.0 Å². The molecule has 10 nitrogen and oxygen atoms in total. The first-order chi connectivity index (χ1) is 20.8. The second-order valence-corrected chi connectivity index (χ2v) is 12.9. The normalized spacial score (nSPS) is 11.9. The zero-order valence-electron chi connectivity index (χ0n) is 26.7. The van der Waals surface area contributed by atoms with Crippen LogP contribution in [0.1, 0.15) is 37.5 Å². The molecule has 0 radical (unpaired) electrons. The Bertz CT molecular complexity index is 1540. The first-order valence-electron chi connectivity index (χ1n) is 14.3. The predicted molar refractivity (Wildman–Crippen MR) is 171 cm³/mol. The van der Waals surface area contributed by atoms with Crippen molar-refractivity contribution in [2.24, 2.45) is 5.92 Å². The summed E-state index contributed by atoms with van der Waals surface area (Å²) in [4.78, 5) is 28.7. The maximum absolute atomic E-state index is 14.3. The molecule has 1 unspecified atom stereocenters. The van der Waals surface area contributed by atoms with Gasteiger partial charge in [0.1, 0.15) is 18.3 Å². The van der Waals surface area contributed by atoms with Gasteiger partial charge in [0.2, 0.25) is 11.8 Å². The first kappa shape index (κ1) is 34.2. The molecule has 0 heterocycles. The molecule has 0 aliphatic carbocycles. The zero-order chi connectivity index (χ0) is 32.6. The summed E-state index contributed by atoms with van der Waals surface area (Å²) in [5.41, 5.74) is 2.74. The minimum Gasteiger partial charge on any atom is -0.497 e. The Labute approximate surface area is 261 Å². The molecule has 0 aliphatic heterocycles. The van der Waals surface area contributed by atoms with E-state index in [1.165, 1.54) is 37.3 Å². The second-order valence-electron chi connectivity index (χ2n) is 11.1. The van der Waals surface area contributed by atoms with Gasteiger partial charge in [0.25, 0.3) is 10.0 Å². The monoisotopic (exact) mass is 625 g/mol. The topological polar surface area (TPSA) is 114 Å². The SMILES string of the molecule is COc1ccc(CN(C(=O)CN(c2cc(C)cc(C)c2)S(=O)(=O)c2ccc(OC)c(OC)c2)C(C)C(=O)NCC(C)C)cc1. The average molecular weight is 626 g/mol. The number of hydrogen-bond donors (Lipinski definition) is 1. The number of ether oxygens (including phenoxy) is 3. The van der Waals surface area contributed by atoms with Gasteiger partial charge in [-0.1, -0.05) is 32.0 Å². The third-order valence-electron chi connectivity index (χ3n) is 7.08. The summed E-state index contributed by atoms with van der Waals surface area (Å²) < 4.78 is 45.5. The van der Waals surface area contributed by atoms with Crippen LogP contribution in [0.25, 0.3) is 0 Å². The number of nitrogens with one attached hydrogen (secondary N) is 1. The van der Waals surface area contributed by atoms with Crippen molar-refractivity contribution in [2.75, 3.05) is 38.7 Å². The molecule has 0 saturated carbocycles. The van der Waals surface area contributed by atoms with Crippen LogP contribution in [-0.2, 0) is 26.2 Å². The average Bonchev–Trinajstić information content (AvgIpc) is 2.99. The zero-order valence-corrected chi connectivity index (χ0v) is 27.5. The number of carbonyl (C=O) groups excluding carboxylic acids is 2. The number of nitrogens with zero attached hydrogens (tertiary/aromatic N) is 2. The van der Waals surface area contributed by atoms with Crippen molar-refractivity contribution in [3.05, 3.63) is 77.4 Å². The van der Waals surface area contributed by atoms with Crippen molar-refractivity contribution in [1.29, 1.82) is 0 Å². The summed E-state index contributed by atoms with van der Waals surface area (Å²) in [5.74, 6) is 0.585. The van der Waals surface area contributed by atoms with Gasteiger partial charge in [-0.25, -0.2) is 8.42 Å². The quantitative estimate of drug-likeness (QED) is 0.276. The molecule has 0 spiro atoms. The number of methoxy groups -OCH3 is 3. The molecule has 44 heavy (non-hydrogen) atoms. The van der Waals surface area contributed by atoms with Gasteiger partial charge in [-0.05, 0) is 79.8 Å². The predicted octanol–water partition coefficient (Wildman–Crippen LogP) is 4.71. The fraction of sp³-hybridized carbons (Fsp3) is 0.394. The number of anilines is 1.